The number of rotatable bonds is 5. The first-order valence-corrected chi connectivity index (χ1v) is 9.09. The van der Waals surface area contributed by atoms with Crippen LogP contribution in [0.25, 0.3) is 6.08 Å². The van der Waals surface area contributed by atoms with E-state index in [9.17, 15) is 14.4 Å². The number of methoxy groups -OCH3 is 3. The Balaban J connectivity index is 2.04. The molecule has 2 aromatic rings. The maximum absolute atomic E-state index is 13.2. The molecule has 0 aliphatic carbocycles. The van der Waals surface area contributed by atoms with E-state index in [0.29, 0.717) is 28.3 Å². The number of ether oxygens (including phenoxy) is 3. The van der Waals surface area contributed by atoms with Crippen molar-refractivity contribution in [3.63, 3.8) is 0 Å². The molecule has 7 heteroatoms. The number of carbonyl (C=O) groups excluding carboxylic acids is 3. The molecule has 0 spiro atoms. The quantitative estimate of drug-likeness (QED) is 0.558. The largest absolute Gasteiger partial charge is 0.497 e. The van der Waals surface area contributed by atoms with Crippen LogP contribution in [0, 0.1) is 0 Å². The molecule has 0 unspecified atom stereocenters. The fraction of sp³-hybridized carbons (Fsp3) is 0.174. The molecule has 0 N–H and O–H groups in total. The van der Waals surface area contributed by atoms with E-state index >= 15 is 0 Å². The lowest BCUT2D eigenvalue weighted by atomic mass is 10.0. The van der Waals surface area contributed by atoms with Crippen molar-refractivity contribution in [2.24, 2.45) is 0 Å². The minimum absolute atomic E-state index is 0.190. The van der Waals surface area contributed by atoms with Crippen LogP contribution in [0.2, 0.25) is 0 Å². The highest BCUT2D eigenvalue weighted by atomic mass is 16.5. The van der Waals surface area contributed by atoms with Gasteiger partial charge in [-0.15, -0.1) is 0 Å². The summed E-state index contributed by atoms with van der Waals surface area (Å²) in [6.45, 7) is 1.69. The van der Waals surface area contributed by atoms with Gasteiger partial charge in [-0.05, 0) is 55.0 Å². The van der Waals surface area contributed by atoms with Crippen molar-refractivity contribution in [3.05, 3.63) is 76.5 Å². The molecule has 1 aliphatic rings. The van der Waals surface area contributed by atoms with Crippen LogP contribution in [0.4, 0.5) is 5.69 Å². The number of hydrogen-bond donors (Lipinski definition) is 0. The Morgan fingerprint density at radius 2 is 1.47 bits per heavy atom. The van der Waals surface area contributed by atoms with Crippen molar-refractivity contribution in [2.75, 3.05) is 26.2 Å². The van der Waals surface area contributed by atoms with E-state index in [-0.39, 0.29) is 17.1 Å². The highest BCUT2D eigenvalue weighted by Gasteiger charge is 2.37. The third kappa shape index (κ3) is 3.82. The fourth-order valence-electron chi connectivity index (χ4n) is 3.22. The first-order valence-electron chi connectivity index (χ1n) is 9.09. The van der Waals surface area contributed by atoms with E-state index in [1.54, 1.807) is 68.6 Å². The van der Waals surface area contributed by atoms with E-state index in [1.807, 2.05) is 0 Å². The Kier molecular flexibility index (Phi) is 6.01. The third-order valence-electron chi connectivity index (χ3n) is 4.76. The molecule has 0 fully saturated rings. The third-order valence-corrected chi connectivity index (χ3v) is 4.76. The minimum Gasteiger partial charge on any atom is -0.497 e. The summed E-state index contributed by atoms with van der Waals surface area (Å²) >= 11 is 0. The van der Waals surface area contributed by atoms with Crippen LogP contribution in [-0.2, 0) is 19.1 Å². The van der Waals surface area contributed by atoms with E-state index in [0.717, 1.165) is 0 Å². The smallest absolute Gasteiger partial charge is 0.340 e. The Morgan fingerprint density at radius 1 is 0.867 bits per heavy atom. The lowest BCUT2D eigenvalue weighted by Gasteiger charge is -2.18. The van der Waals surface area contributed by atoms with Gasteiger partial charge in [-0.1, -0.05) is 12.1 Å². The molecule has 1 aliphatic heterocycles. The number of hydrogen-bond acceptors (Lipinski definition) is 6. The summed E-state index contributed by atoms with van der Waals surface area (Å²) in [6.07, 6.45) is 1.60. The second-order valence-electron chi connectivity index (χ2n) is 6.46. The van der Waals surface area contributed by atoms with Gasteiger partial charge in [0, 0.05) is 11.4 Å². The van der Waals surface area contributed by atoms with E-state index < -0.39 is 11.9 Å². The van der Waals surface area contributed by atoms with Gasteiger partial charge < -0.3 is 14.2 Å². The zero-order chi connectivity index (χ0) is 21.8. The number of carbonyl (C=O) groups is 3. The van der Waals surface area contributed by atoms with Gasteiger partial charge in [0.15, 0.2) is 0 Å². The molecule has 30 heavy (non-hydrogen) atoms. The molecule has 7 nitrogen and oxygen atoms in total. The molecule has 3 rings (SSSR count). The highest BCUT2D eigenvalue weighted by Crippen LogP contribution is 2.36. The molecule has 0 radical (unpaired) electrons. The average molecular weight is 407 g/mol. The van der Waals surface area contributed by atoms with Crippen molar-refractivity contribution < 1.29 is 28.6 Å². The SMILES string of the molecule is COC(=O)C1=C(C)N(c2ccc(OC)cc2)C(=O)C1=Cc1ccc(C(=O)OC)cc1. The van der Waals surface area contributed by atoms with Gasteiger partial charge in [-0.25, -0.2) is 9.59 Å². The maximum atomic E-state index is 13.2. The highest BCUT2D eigenvalue weighted by molar-refractivity contribution is 6.23. The zero-order valence-corrected chi connectivity index (χ0v) is 17.1. The second-order valence-corrected chi connectivity index (χ2v) is 6.46. The number of esters is 2. The normalized spacial score (nSPS) is 14.9. The molecular formula is C23H21NO6. The number of anilines is 1. The molecule has 0 atom stereocenters. The van der Waals surface area contributed by atoms with Crippen molar-refractivity contribution in [1.29, 1.82) is 0 Å². The van der Waals surface area contributed by atoms with Crippen LogP contribution in [0.5, 0.6) is 5.75 Å². The van der Waals surface area contributed by atoms with Crippen LogP contribution in [0.15, 0.2) is 65.4 Å². The molecule has 0 saturated carbocycles. The summed E-state index contributed by atoms with van der Waals surface area (Å²) in [6, 6.07) is 13.5. The Bertz CT molecular complexity index is 1050. The lowest BCUT2D eigenvalue weighted by molar-refractivity contribution is -0.136. The summed E-state index contributed by atoms with van der Waals surface area (Å²) in [5, 5.41) is 0. The van der Waals surface area contributed by atoms with Crippen molar-refractivity contribution in [2.45, 2.75) is 6.92 Å². The number of amides is 1. The Hall–Kier alpha value is -3.87. The number of benzene rings is 2. The topological polar surface area (TPSA) is 82.1 Å². The van der Waals surface area contributed by atoms with Crippen molar-refractivity contribution >= 4 is 29.6 Å². The van der Waals surface area contributed by atoms with Crippen molar-refractivity contribution in [1.82, 2.24) is 0 Å². The summed E-state index contributed by atoms with van der Waals surface area (Å²) < 4.78 is 14.8. The molecule has 0 saturated heterocycles. The molecule has 1 heterocycles. The Morgan fingerprint density at radius 3 is 2.00 bits per heavy atom. The molecule has 154 valence electrons. The van der Waals surface area contributed by atoms with Gasteiger partial charge in [0.1, 0.15) is 5.75 Å². The van der Waals surface area contributed by atoms with Gasteiger partial charge in [0.2, 0.25) is 0 Å². The predicted octanol–water partition coefficient (Wildman–Crippen LogP) is 3.36. The molecule has 0 bridgehead atoms. The monoisotopic (exact) mass is 407 g/mol. The van der Waals surface area contributed by atoms with Gasteiger partial charge in [0.05, 0.1) is 38.0 Å². The van der Waals surface area contributed by atoms with E-state index in [2.05, 4.69) is 0 Å². The van der Waals surface area contributed by atoms with Gasteiger partial charge in [-0.3, -0.25) is 9.69 Å². The summed E-state index contributed by atoms with van der Waals surface area (Å²) in [7, 11) is 4.13. The minimum atomic E-state index is -0.603. The van der Waals surface area contributed by atoms with Crippen LogP contribution in [0.1, 0.15) is 22.8 Å². The summed E-state index contributed by atoms with van der Waals surface area (Å²) in [5.41, 5.74) is 2.50. The molecular weight excluding hydrogens is 386 g/mol. The van der Waals surface area contributed by atoms with E-state index in [4.69, 9.17) is 14.2 Å². The van der Waals surface area contributed by atoms with Crippen LogP contribution in [0.3, 0.4) is 0 Å². The number of allylic oxidation sites excluding steroid dienone is 1. The first-order chi connectivity index (χ1) is 14.4. The van der Waals surface area contributed by atoms with Crippen LogP contribution in [-0.4, -0.2) is 39.2 Å². The second kappa shape index (κ2) is 8.65. The standard InChI is InChI=1S/C23H21NO6/c1-14-20(23(27)30-4)19(13-15-5-7-16(8-6-15)22(26)29-3)21(25)24(14)17-9-11-18(28-2)12-10-17/h5-13H,1-4H3. The maximum Gasteiger partial charge on any atom is 0.340 e. The summed E-state index contributed by atoms with van der Waals surface area (Å²) in [5.74, 6) is -0.756. The van der Waals surface area contributed by atoms with Gasteiger partial charge in [0.25, 0.3) is 5.91 Å². The molecule has 0 aromatic heterocycles. The first kappa shape index (κ1) is 20.9. The predicted molar refractivity (Wildman–Crippen MR) is 111 cm³/mol. The molecule has 1 amide bonds. The van der Waals surface area contributed by atoms with Gasteiger partial charge >= 0.3 is 11.9 Å². The average Bonchev–Trinajstić information content (AvgIpc) is 3.02. The fourth-order valence-corrected chi connectivity index (χ4v) is 3.22. The van der Waals surface area contributed by atoms with Crippen molar-refractivity contribution in [3.8, 4) is 5.75 Å². The Labute approximate surface area is 174 Å². The van der Waals surface area contributed by atoms with Gasteiger partial charge in [-0.2, -0.15) is 0 Å². The van der Waals surface area contributed by atoms with Crippen LogP contribution < -0.4 is 9.64 Å². The molecule has 2 aromatic carbocycles. The zero-order valence-electron chi connectivity index (χ0n) is 17.1. The lowest BCUT2D eigenvalue weighted by Crippen LogP contribution is -2.24. The van der Waals surface area contributed by atoms with E-state index in [1.165, 1.54) is 19.1 Å². The number of nitrogens with zero attached hydrogens (tertiary/aromatic N) is 1. The summed E-state index contributed by atoms with van der Waals surface area (Å²) in [4.78, 5) is 38.8. The van der Waals surface area contributed by atoms with Crippen LogP contribution >= 0.6 is 0 Å².